The first-order valence-corrected chi connectivity index (χ1v) is 11.5. The largest absolute Gasteiger partial charge is 0.270 e. The van der Waals surface area contributed by atoms with Crippen molar-refractivity contribution in [1.29, 1.82) is 0 Å². The van der Waals surface area contributed by atoms with Crippen LogP contribution in [-0.2, 0) is 10.0 Å². The summed E-state index contributed by atoms with van der Waals surface area (Å²) in [6, 6.07) is 10.6. The lowest BCUT2D eigenvalue weighted by molar-refractivity contribution is -0.384. The van der Waals surface area contributed by atoms with Crippen molar-refractivity contribution >= 4 is 27.5 Å². The average molecular weight is 461 g/mol. The molecule has 0 saturated carbocycles. The second kappa shape index (κ2) is 9.45. The van der Waals surface area contributed by atoms with E-state index in [4.69, 9.17) is 0 Å². The lowest BCUT2D eigenvalue weighted by atomic mass is 9.94. The molecule has 11 heteroatoms. The van der Waals surface area contributed by atoms with Crippen LogP contribution in [0.25, 0.3) is 0 Å². The van der Waals surface area contributed by atoms with Gasteiger partial charge in [0.15, 0.2) is 0 Å². The van der Waals surface area contributed by atoms with Crippen LogP contribution in [0, 0.1) is 22.0 Å². The molecule has 2 unspecified atom stereocenters. The van der Waals surface area contributed by atoms with Crippen molar-refractivity contribution in [1.82, 2.24) is 15.2 Å². The molecule has 2 aromatic rings. The van der Waals surface area contributed by atoms with E-state index in [9.17, 15) is 28.1 Å². The van der Waals surface area contributed by atoms with Crippen LogP contribution >= 0.6 is 0 Å². The Balaban J connectivity index is 1.71. The molecule has 2 aromatic carbocycles. The fourth-order valence-electron chi connectivity index (χ4n) is 3.77. The van der Waals surface area contributed by atoms with Crippen molar-refractivity contribution in [2.45, 2.75) is 25.2 Å². The maximum atomic E-state index is 13.1. The molecule has 0 spiro atoms. The summed E-state index contributed by atoms with van der Waals surface area (Å²) in [6.45, 7) is 4.85. The third-order valence-corrected chi connectivity index (χ3v) is 7.01. The van der Waals surface area contributed by atoms with Gasteiger partial charge >= 0.3 is 0 Å². The van der Waals surface area contributed by atoms with Crippen molar-refractivity contribution < 1.29 is 22.9 Å². The van der Waals surface area contributed by atoms with Gasteiger partial charge in [0.2, 0.25) is 10.0 Å². The Morgan fingerprint density at radius 2 is 1.50 bits per heavy atom. The minimum Gasteiger partial charge on any atom is -0.267 e. The summed E-state index contributed by atoms with van der Waals surface area (Å²) in [7, 11) is -3.77. The summed E-state index contributed by atoms with van der Waals surface area (Å²) >= 11 is 0. The van der Waals surface area contributed by atoms with Gasteiger partial charge in [-0.2, -0.15) is 4.31 Å². The molecule has 1 heterocycles. The smallest absolute Gasteiger partial charge is 0.267 e. The summed E-state index contributed by atoms with van der Waals surface area (Å²) in [5.41, 5.74) is 4.15. The Morgan fingerprint density at radius 1 is 0.969 bits per heavy atom. The maximum absolute atomic E-state index is 13.1. The summed E-state index contributed by atoms with van der Waals surface area (Å²) in [5, 5.41) is 10.8. The molecule has 2 atom stereocenters. The number of hydrazine groups is 1. The summed E-state index contributed by atoms with van der Waals surface area (Å²) in [4.78, 5) is 34.9. The molecule has 170 valence electrons. The van der Waals surface area contributed by atoms with Gasteiger partial charge < -0.3 is 0 Å². The number of amides is 2. The Kier molecular flexibility index (Phi) is 6.90. The number of nitro benzene ring substituents is 1. The van der Waals surface area contributed by atoms with E-state index in [0.717, 1.165) is 12.5 Å². The maximum Gasteiger partial charge on any atom is 0.270 e. The number of carbonyl (C=O) groups is 2. The quantitative estimate of drug-likeness (QED) is 0.519. The van der Waals surface area contributed by atoms with Gasteiger partial charge in [0.05, 0.1) is 9.82 Å². The van der Waals surface area contributed by atoms with Crippen LogP contribution in [-0.4, -0.2) is 42.6 Å². The first-order chi connectivity index (χ1) is 15.1. The van der Waals surface area contributed by atoms with Crippen molar-refractivity contribution in [2.75, 3.05) is 13.1 Å². The van der Waals surface area contributed by atoms with Crippen LogP contribution in [0.3, 0.4) is 0 Å². The van der Waals surface area contributed by atoms with Crippen molar-refractivity contribution in [3.8, 4) is 0 Å². The molecule has 1 aliphatic heterocycles. The van der Waals surface area contributed by atoms with Gasteiger partial charge in [-0.1, -0.05) is 26.0 Å². The Labute approximate surface area is 185 Å². The van der Waals surface area contributed by atoms with Crippen LogP contribution in [0.15, 0.2) is 53.4 Å². The highest BCUT2D eigenvalue weighted by Gasteiger charge is 2.32. The SMILES string of the molecule is CC1CC(C)CN(S(=O)(=O)c2cccc(C(=O)NNC(=O)c3cccc([N+](=O)[O-])c3)c2)C1. The molecular weight excluding hydrogens is 436 g/mol. The van der Waals surface area contributed by atoms with E-state index in [-0.39, 0.29) is 33.5 Å². The molecule has 3 rings (SSSR count). The van der Waals surface area contributed by atoms with E-state index in [2.05, 4.69) is 10.9 Å². The van der Waals surface area contributed by atoms with Crippen LogP contribution in [0.2, 0.25) is 0 Å². The monoisotopic (exact) mass is 460 g/mol. The minimum absolute atomic E-state index is 0.00328. The number of nitro groups is 1. The molecular formula is C21H24N4O6S. The molecule has 1 saturated heterocycles. The topological polar surface area (TPSA) is 139 Å². The van der Waals surface area contributed by atoms with E-state index in [0.29, 0.717) is 13.1 Å². The lowest BCUT2D eigenvalue weighted by Crippen LogP contribution is -2.43. The fraction of sp³-hybridized carbons (Fsp3) is 0.333. The number of hydrogen-bond acceptors (Lipinski definition) is 6. The summed E-state index contributed by atoms with van der Waals surface area (Å²) < 4.78 is 27.6. The minimum atomic E-state index is -3.77. The number of nitrogens with zero attached hydrogens (tertiary/aromatic N) is 2. The highest BCUT2D eigenvalue weighted by Crippen LogP contribution is 2.27. The van der Waals surface area contributed by atoms with Crippen LogP contribution in [0.4, 0.5) is 5.69 Å². The molecule has 10 nitrogen and oxygen atoms in total. The first kappa shape index (κ1) is 23.4. The number of benzene rings is 2. The molecule has 1 aliphatic rings. The number of nitrogens with one attached hydrogen (secondary N) is 2. The van der Waals surface area contributed by atoms with Crippen LogP contribution in [0.5, 0.6) is 0 Å². The number of hydrogen-bond donors (Lipinski definition) is 2. The summed E-state index contributed by atoms with van der Waals surface area (Å²) in [5.74, 6) is -0.989. The zero-order valence-corrected chi connectivity index (χ0v) is 18.5. The van der Waals surface area contributed by atoms with Crippen LogP contribution < -0.4 is 10.9 Å². The lowest BCUT2D eigenvalue weighted by Gasteiger charge is -2.34. The van der Waals surface area contributed by atoms with Crippen molar-refractivity contribution in [2.24, 2.45) is 11.8 Å². The van der Waals surface area contributed by atoms with Gasteiger partial charge in [-0.3, -0.25) is 30.6 Å². The molecule has 0 radical (unpaired) electrons. The second-order valence-electron chi connectivity index (χ2n) is 8.01. The average Bonchev–Trinajstić information content (AvgIpc) is 2.76. The van der Waals surface area contributed by atoms with Gasteiger partial charge in [0.25, 0.3) is 17.5 Å². The Morgan fingerprint density at radius 3 is 2.06 bits per heavy atom. The summed E-state index contributed by atoms with van der Waals surface area (Å²) in [6.07, 6.45) is 0.957. The van der Waals surface area contributed by atoms with E-state index in [1.807, 2.05) is 13.8 Å². The zero-order chi connectivity index (χ0) is 23.5. The standard InChI is InChI=1S/C21H24N4O6S/c1-14-9-15(2)13-24(12-14)32(30,31)19-8-4-6-17(11-19)21(27)23-22-20(26)16-5-3-7-18(10-16)25(28)29/h3-8,10-11,14-15H,9,12-13H2,1-2H3,(H,22,26)(H,23,27). The second-order valence-corrected chi connectivity index (χ2v) is 9.95. The molecule has 1 fully saturated rings. The van der Waals surface area contributed by atoms with Crippen molar-refractivity contribution in [3.63, 3.8) is 0 Å². The van der Waals surface area contributed by atoms with Gasteiger partial charge in [0.1, 0.15) is 0 Å². The third kappa shape index (κ3) is 5.29. The first-order valence-electron chi connectivity index (χ1n) is 10.0. The predicted octanol–water partition coefficient (Wildman–Crippen LogP) is 2.34. The Bertz CT molecular complexity index is 1140. The van der Waals surface area contributed by atoms with Gasteiger partial charge in [-0.25, -0.2) is 8.42 Å². The number of carbonyl (C=O) groups excluding carboxylic acids is 2. The van der Waals surface area contributed by atoms with Crippen LogP contribution in [0.1, 0.15) is 41.0 Å². The predicted molar refractivity (Wildman–Crippen MR) is 116 cm³/mol. The number of non-ortho nitro benzene ring substituents is 1. The molecule has 0 aromatic heterocycles. The molecule has 0 bridgehead atoms. The number of piperidine rings is 1. The number of rotatable bonds is 5. The zero-order valence-electron chi connectivity index (χ0n) is 17.6. The van der Waals surface area contributed by atoms with Gasteiger partial charge in [-0.15, -0.1) is 0 Å². The van der Waals surface area contributed by atoms with E-state index in [1.54, 1.807) is 0 Å². The fourth-order valence-corrected chi connectivity index (χ4v) is 5.49. The molecule has 2 N–H and O–H groups in total. The highest BCUT2D eigenvalue weighted by molar-refractivity contribution is 7.89. The normalized spacial score (nSPS) is 19.2. The number of sulfonamides is 1. The van der Waals surface area contributed by atoms with E-state index < -0.39 is 26.8 Å². The van der Waals surface area contributed by atoms with Gasteiger partial charge in [0, 0.05) is 36.3 Å². The molecule has 0 aliphatic carbocycles. The molecule has 32 heavy (non-hydrogen) atoms. The van der Waals surface area contributed by atoms with Gasteiger partial charge in [-0.05, 0) is 42.5 Å². The Hall–Kier alpha value is -3.31. The molecule has 2 amide bonds. The van der Waals surface area contributed by atoms with E-state index >= 15 is 0 Å². The third-order valence-electron chi connectivity index (χ3n) is 5.18. The highest BCUT2D eigenvalue weighted by atomic mass is 32.2. The van der Waals surface area contributed by atoms with E-state index in [1.165, 1.54) is 46.8 Å². The van der Waals surface area contributed by atoms with Crippen molar-refractivity contribution in [3.05, 3.63) is 69.8 Å².